The van der Waals surface area contributed by atoms with Crippen LogP contribution in [0.15, 0.2) is 36.9 Å². The zero-order valence-electron chi connectivity index (χ0n) is 14.1. The highest BCUT2D eigenvalue weighted by molar-refractivity contribution is 6.30. The lowest BCUT2D eigenvalue weighted by Gasteiger charge is -2.33. The van der Waals surface area contributed by atoms with E-state index in [0.717, 1.165) is 30.7 Å². The van der Waals surface area contributed by atoms with Crippen molar-refractivity contribution >= 4 is 11.6 Å². The normalized spacial score (nSPS) is 14.7. The average Bonchev–Trinajstić information content (AvgIpc) is 3.01. The van der Waals surface area contributed by atoms with Crippen LogP contribution >= 0.6 is 11.6 Å². The van der Waals surface area contributed by atoms with Crippen molar-refractivity contribution in [3.05, 3.63) is 47.5 Å². The third kappa shape index (κ3) is 5.33. The Bertz CT molecular complexity index is 575. The lowest BCUT2D eigenvalue weighted by Crippen LogP contribution is -2.35. The molecule has 0 aliphatic heterocycles. The number of hydrogen-bond donors (Lipinski definition) is 1. The lowest BCUT2D eigenvalue weighted by atomic mass is 9.83. The molecule has 0 radical (unpaired) electrons. The summed E-state index contributed by atoms with van der Waals surface area (Å²) in [5.74, 6) is 0. The van der Waals surface area contributed by atoms with E-state index >= 15 is 0 Å². The Morgan fingerprint density at radius 3 is 2.43 bits per heavy atom. The molecule has 1 heterocycles. The molecule has 2 aromatic rings. The van der Waals surface area contributed by atoms with Crippen LogP contribution in [0.4, 0.5) is 0 Å². The maximum Gasteiger partial charge on any atom is 0.137 e. The Labute approximate surface area is 143 Å². The van der Waals surface area contributed by atoms with Gasteiger partial charge in [-0.3, -0.25) is 0 Å². The van der Waals surface area contributed by atoms with Gasteiger partial charge in [-0.1, -0.05) is 50.9 Å². The Hall–Kier alpha value is -1.39. The van der Waals surface area contributed by atoms with Crippen LogP contribution in [-0.4, -0.2) is 26.0 Å². The van der Waals surface area contributed by atoms with Gasteiger partial charge in [0.05, 0.1) is 12.1 Å². The molecule has 4 nitrogen and oxygen atoms in total. The molecule has 1 N–H and O–H groups in total. The summed E-state index contributed by atoms with van der Waals surface area (Å²) in [6.07, 6.45) is 6.76. The van der Waals surface area contributed by atoms with Gasteiger partial charge >= 0.3 is 0 Å². The van der Waals surface area contributed by atoms with E-state index in [-0.39, 0.29) is 11.5 Å². The van der Waals surface area contributed by atoms with Crippen molar-refractivity contribution < 1.29 is 5.11 Å². The van der Waals surface area contributed by atoms with Crippen LogP contribution < -0.4 is 0 Å². The van der Waals surface area contributed by atoms with E-state index in [1.165, 1.54) is 11.9 Å². The Balaban J connectivity index is 1.90. The smallest absolute Gasteiger partial charge is 0.137 e. The topological polar surface area (TPSA) is 50.9 Å². The first kappa shape index (κ1) is 18.0. The molecule has 23 heavy (non-hydrogen) atoms. The molecule has 1 aromatic carbocycles. The number of hydrogen-bond acceptors (Lipinski definition) is 3. The quantitative estimate of drug-likeness (QED) is 0.768. The highest BCUT2D eigenvalue weighted by Gasteiger charge is 2.31. The summed E-state index contributed by atoms with van der Waals surface area (Å²) in [4.78, 5) is 4.02. The maximum absolute atomic E-state index is 10.7. The predicted molar refractivity (Wildman–Crippen MR) is 93.5 cm³/mol. The van der Waals surface area contributed by atoms with Crippen molar-refractivity contribution in [3.8, 4) is 0 Å². The second-order valence-corrected chi connectivity index (χ2v) is 7.56. The van der Waals surface area contributed by atoms with Crippen molar-refractivity contribution in [1.29, 1.82) is 0 Å². The van der Waals surface area contributed by atoms with E-state index < -0.39 is 6.10 Å². The maximum atomic E-state index is 10.7. The fourth-order valence-corrected chi connectivity index (χ4v) is 2.86. The first-order valence-corrected chi connectivity index (χ1v) is 8.52. The molecule has 1 aromatic heterocycles. The summed E-state index contributed by atoms with van der Waals surface area (Å²) in [5, 5.41) is 15.7. The summed E-state index contributed by atoms with van der Waals surface area (Å²) >= 11 is 5.91. The summed E-state index contributed by atoms with van der Waals surface area (Å²) < 4.78 is 1.79. The summed E-state index contributed by atoms with van der Waals surface area (Å²) in [7, 11) is 0. The molecular weight excluding hydrogens is 310 g/mol. The van der Waals surface area contributed by atoms with Gasteiger partial charge < -0.3 is 5.11 Å². The third-order valence-electron chi connectivity index (χ3n) is 4.16. The number of aromatic nitrogens is 3. The second-order valence-electron chi connectivity index (χ2n) is 7.13. The molecule has 0 aliphatic rings. The molecule has 0 fully saturated rings. The van der Waals surface area contributed by atoms with E-state index in [4.69, 9.17) is 11.6 Å². The van der Waals surface area contributed by atoms with Gasteiger partial charge in [0.1, 0.15) is 12.7 Å². The highest BCUT2D eigenvalue weighted by atomic mass is 35.5. The largest absolute Gasteiger partial charge is 0.390 e. The summed E-state index contributed by atoms with van der Waals surface area (Å²) in [6, 6.07) is 7.96. The fourth-order valence-electron chi connectivity index (χ4n) is 2.73. The standard InChI is InChI=1S/C18H26ClN3O/c1-18(2,3)17(23)16(22-13-20-12-21-22)7-5-4-6-14-8-10-15(19)11-9-14/h8-13,16-17,23H,4-7H2,1-3H3. The van der Waals surface area contributed by atoms with Crippen LogP contribution in [0, 0.1) is 5.41 Å². The first-order chi connectivity index (χ1) is 10.9. The monoisotopic (exact) mass is 335 g/mol. The fraction of sp³-hybridized carbons (Fsp3) is 0.556. The van der Waals surface area contributed by atoms with Gasteiger partial charge in [-0.15, -0.1) is 0 Å². The Morgan fingerprint density at radius 2 is 1.87 bits per heavy atom. The van der Waals surface area contributed by atoms with Gasteiger partial charge in [0, 0.05) is 5.02 Å². The number of unbranched alkanes of at least 4 members (excludes halogenated alkanes) is 1. The number of halogens is 1. The van der Waals surface area contributed by atoms with Crippen molar-refractivity contribution in [1.82, 2.24) is 14.8 Å². The predicted octanol–water partition coefficient (Wildman–Crippen LogP) is 4.29. The summed E-state index contributed by atoms with van der Waals surface area (Å²) in [6.45, 7) is 6.15. The molecule has 126 valence electrons. The van der Waals surface area contributed by atoms with Crippen molar-refractivity contribution in [2.75, 3.05) is 0 Å². The van der Waals surface area contributed by atoms with E-state index in [9.17, 15) is 5.11 Å². The average molecular weight is 336 g/mol. The molecule has 0 saturated carbocycles. The number of nitrogens with zero attached hydrogens (tertiary/aromatic N) is 3. The molecule has 5 heteroatoms. The van der Waals surface area contributed by atoms with E-state index in [1.807, 2.05) is 12.1 Å². The Morgan fingerprint density at radius 1 is 1.17 bits per heavy atom. The van der Waals surface area contributed by atoms with E-state index in [1.54, 1.807) is 11.0 Å². The van der Waals surface area contributed by atoms with Gasteiger partial charge in [-0.25, -0.2) is 9.67 Å². The minimum atomic E-state index is -0.459. The van der Waals surface area contributed by atoms with Crippen molar-refractivity contribution in [2.45, 2.75) is 58.6 Å². The molecule has 0 bridgehead atoms. The van der Waals surface area contributed by atoms with Gasteiger partial charge in [0.2, 0.25) is 0 Å². The number of aryl methyl sites for hydroxylation is 1. The zero-order valence-corrected chi connectivity index (χ0v) is 14.9. The number of rotatable bonds is 7. The third-order valence-corrected chi connectivity index (χ3v) is 4.41. The van der Waals surface area contributed by atoms with Gasteiger partial charge in [0.15, 0.2) is 0 Å². The molecule has 2 atom stereocenters. The molecule has 2 rings (SSSR count). The molecule has 0 saturated heterocycles. The van der Waals surface area contributed by atoms with Crippen LogP contribution in [0.5, 0.6) is 0 Å². The van der Waals surface area contributed by atoms with E-state index in [0.29, 0.717) is 0 Å². The van der Waals surface area contributed by atoms with Crippen molar-refractivity contribution in [3.63, 3.8) is 0 Å². The molecule has 0 amide bonds. The van der Waals surface area contributed by atoms with Crippen LogP contribution in [0.25, 0.3) is 0 Å². The molecular formula is C18H26ClN3O. The van der Waals surface area contributed by atoms with Crippen LogP contribution in [0.1, 0.15) is 51.6 Å². The van der Waals surface area contributed by atoms with Crippen molar-refractivity contribution in [2.24, 2.45) is 5.41 Å². The SMILES string of the molecule is CC(C)(C)C(O)C(CCCCc1ccc(Cl)cc1)n1cncn1. The Kier molecular flexibility index (Phi) is 6.19. The summed E-state index contributed by atoms with van der Waals surface area (Å²) in [5.41, 5.74) is 1.11. The van der Waals surface area contributed by atoms with Crippen LogP contribution in [0.2, 0.25) is 5.02 Å². The van der Waals surface area contributed by atoms with Gasteiger partial charge in [0.25, 0.3) is 0 Å². The number of aliphatic hydroxyl groups is 1. The molecule has 0 spiro atoms. The molecule has 0 aliphatic carbocycles. The first-order valence-electron chi connectivity index (χ1n) is 8.14. The van der Waals surface area contributed by atoms with Crippen LogP contribution in [-0.2, 0) is 6.42 Å². The highest BCUT2D eigenvalue weighted by Crippen LogP contribution is 2.31. The minimum absolute atomic E-state index is 0.0392. The van der Waals surface area contributed by atoms with Gasteiger partial charge in [-0.2, -0.15) is 5.10 Å². The lowest BCUT2D eigenvalue weighted by molar-refractivity contribution is 0.00851. The second kappa shape index (κ2) is 7.93. The minimum Gasteiger partial charge on any atom is -0.390 e. The number of aliphatic hydroxyl groups excluding tert-OH is 1. The van der Waals surface area contributed by atoms with Crippen LogP contribution in [0.3, 0.4) is 0 Å². The molecule has 2 unspecified atom stereocenters. The van der Waals surface area contributed by atoms with E-state index in [2.05, 4.69) is 43.0 Å². The van der Waals surface area contributed by atoms with Gasteiger partial charge in [-0.05, 0) is 42.4 Å². The number of benzene rings is 1. The zero-order chi connectivity index (χ0) is 16.9.